The van der Waals surface area contributed by atoms with E-state index >= 15 is 0 Å². The number of carbonyl (C=O) groups is 1. The van der Waals surface area contributed by atoms with E-state index in [9.17, 15) is 13.2 Å². The molecule has 146 valence electrons. The van der Waals surface area contributed by atoms with Crippen molar-refractivity contribution in [3.05, 3.63) is 70.5 Å². The summed E-state index contributed by atoms with van der Waals surface area (Å²) in [5.74, 6) is -0.236. The van der Waals surface area contributed by atoms with Crippen LogP contribution >= 0.6 is 11.3 Å². The number of sulfone groups is 1. The fourth-order valence-corrected chi connectivity index (χ4v) is 4.85. The van der Waals surface area contributed by atoms with Crippen LogP contribution in [0.3, 0.4) is 0 Å². The Kier molecular flexibility index (Phi) is 5.67. The van der Waals surface area contributed by atoms with Crippen molar-refractivity contribution < 1.29 is 13.2 Å². The van der Waals surface area contributed by atoms with Gasteiger partial charge in [-0.1, -0.05) is 41.2 Å². The van der Waals surface area contributed by atoms with Crippen molar-refractivity contribution in [2.24, 2.45) is 4.99 Å². The van der Waals surface area contributed by atoms with Crippen LogP contribution < -0.4 is 4.80 Å². The SMILES string of the molecule is C=CCn1c(=NC(=O)Cc2ccc(C)cc2C)sc2cc(S(C)(=O)=O)ccc21. The average molecular weight is 415 g/mol. The number of benzene rings is 2. The molecule has 28 heavy (non-hydrogen) atoms. The number of hydrogen-bond acceptors (Lipinski definition) is 4. The monoisotopic (exact) mass is 414 g/mol. The normalized spacial score (nSPS) is 12.5. The summed E-state index contributed by atoms with van der Waals surface area (Å²) in [6, 6.07) is 10.9. The van der Waals surface area contributed by atoms with Crippen LogP contribution in [0.1, 0.15) is 16.7 Å². The molecule has 7 heteroatoms. The number of nitrogens with zero attached hydrogens (tertiary/aromatic N) is 2. The summed E-state index contributed by atoms with van der Waals surface area (Å²) in [6.07, 6.45) is 3.13. The molecule has 0 aliphatic carbocycles. The number of fused-ring (bicyclic) bond motifs is 1. The van der Waals surface area contributed by atoms with Gasteiger partial charge in [-0.3, -0.25) is 4.79 Å². The minimum absolute atomic E-state index is 0.225. The molecule has 0 aliphatic heterocycles. The predicted molar refractivity (Wildman–Crippen MR) is 113 cm³/mol. The summed E-state index contributed by atoms with van der Waals surface area (Å²) in [6.45, 7) is 8.25. The second kappa shape index (κ2) is 7.85. The fraction of sp³-hybridized carbons (Fsp3) is 0.238. The smallest absolute Gasteiger partial charge is 0.252 e. The van der Waals surface area contributed by atoms with Crippen LogP contribution in [0.4, 0.5) is 0 Å². The van der Waals surface area contributed by atoms with Gasteiger partial charge in [-0.25, -0.2) is 8.42 Å². The molecular formula is C21H22N2O3S2. The molecule has 1 amide bonds. The summed E-state index contributed by atoms with van der Waals surface area (Å²) >= 11 is 1.30. The lowest BCUT2D eigenvalue weighted by Gasteiger charge is -2.04. The molecule has 0 saturated heterocycles. The number of aromatic nitrogens is 1. The van der Waals surface area contributed by atoms with Crippen LogP contribution in [0.2, 0.25) is 0 Å². The number of rotatable bonds is 5. The Morgan fingerprint density at radius 3 is 2.61 bits per heavy atom. The van der Waals surface area contributed by atoms with Crippen molar-refractivity contribution >= 4 is 37.3 Å². The highest BCUT2D eigenvalue weighted by Crippen LogP contribution is 2.22. The average Bonchev–Trinajstić information content (AvgIpc) is 2.93. The summed E-state index contributed by atoms with van der Waals surface area (Å²) in [5, 5.41) is 0. The first-order chi connectivity index (χ1) is 13.2. The Morgan fingerprint density at radius 2 is 1.96 bits per heavy atom. The Hall–Kier alpha value is -2.51. The zero-order valence-electron chi connectivity index (χ0n) is 16.1. The van der Waals surface area contributed by atoms with Gasteiger partial charge in [0.05, 0.1) is 21.5 Å². The van der Waals surface area contributed by atoms with Gasteiger partial charge in [0.25, 0.3) is 5.91 Å². The van der Waals surface area contributed by atoms with Gasteiger partial charge in [-0.15, -0.1) is 6.58 Å². The van der Waals surface area contributed by atoms with E-state index in [1.807, 2.05) is 36.6 Å². The third-order valence-corrected chi connectivity index (χ3v) is 6.61. The van der Waals surface area contributed by atoms with Crippen molar-refractivity contribution in [3.8, 4) is 0 Å². The molecule has 3 aromatic rings. The van der Waals surface area contributed by atoms with Gasteiger partial charge in [-0.05, 0) is 43.2 Å². The van der Waals surface area contributed by atoms with Crippen LogP contribution in [-0.4, -0.2) is 25.1 Å². The summed E-state index contributed by atoms with van der Waals surface area (Å²) in [5.41, 5.74) is 4.00. The molecule has 0 fully saturated rings. The minimum atomic E-state index is -3.30. The van der Waals surface area contributed by atoms with Crippen LogP contribution in [0.5, 0.6) is 0 Å². The highest BCUT2D eigenvalue weighted by atomic mass is 32.2. The first-order valence-corrected chi connectivity index (χ1v) is 11.5. The first kappa shape index (κ1) is 20.2. The van der Waals surface area contributed by atoms with Crippen LogP contribution in [0.25, 0.3) is 10.2 Å². The standard InChI is InChI=1S/C21H22N2O3S2/c1-5-10-23-18-9-8-17(28(4,25)26)13-19(18)27-21(23)22-20(24)12-16-7-6-14(2)11-15(16)3/h5-9,11,13H,1,10,12H2,2-4H3. The van der Waals surface area contributed by atoms with Crippen molar-refractivity contribution in [1.29, 1.82) is 0 Å². The predicted octanol–water partition coefficient (Wildman–Crippen LogP) is 3.58. The van der Waals surface area contributed by atoms with E-state index in [4.69, 9.17) is 0 Å². The number of hydrogen-bond donors (Lipinski definition) is 0. The molecule has 0 atom stereocenters. The van der Waals surface area contributed by atoms with Crippen LogP contribution in [0.15, 0.2) is 58.9 Å². The molecular weight excluding hydrogens is 392 g/mol. The van der Waals surface area contributed by atoms with Gasteiger partial charge in [-0.2, -0.15) is 4.99 Å². The Balaban J connectivity index is 2.05. The number of aryl methyl sites for hydroxylation is 2. The quantitative estimate of drug-likeness (QED) is 0.599. The highest BCUT2D eigenvalue weighted by molar-refractivity contribution is 7.90. The molecule has 0 saturated carbocycles. The van der Waals surface area contributed by atoms with Gasteiger partial charge in [0.2, 0.25) is 0 Å². The molecule has 0 radical (unpaired) electrons. The number of carbonyl (C=O) groups excluding carboxylic acids is 1. The molecule has 2 aromatic carbocycles. The van der Waals surface area contributed by atoms with Gasteiger partial charge in [0.1, 0.15) is 0 Å². The van der Waals surface area contributed by atoms with E-state index in [1.165, 1.54) is 17.6 Å². The van der Waals surface area contributed by atoms with Crippen molar-refractivity contribution in [2.45, 2.75) is 31.7 Å². The number of allylic oxidation sites excluding steroid dienone is 1. The number of amides is 1. The second-order valence-corrected chi connectivity index (χ2v) is 9.82. The highest BCUT2D eigenvalue weighted by Gasteiger charge is 2.13. The largest absolute Gasteiger partial charge is 0.313 e. The van der Waals surface area contributed by atoms with Gasteiger partial charge in [0.15, 0.2) is 14.6 Å². The topological polar surface area (TPSA) is 68.5 Å². The summed E-state index contributed by atoms with van der Waals surface area (Å²) < 4.78 is 26.3. The van der Waals surface area contributed by atoms with Gasteiger partial charge in [0, 0.05) is 12.8 Å². The summed E-state index contributed by atoms with van der Waals surface area (Å²) in [7, 11) is -3.30. The minimum Gasteiger partial charge on any atom is -0.313 e. The number of thiazole rings is 1. The molecule has 3 rings (SSSR count). The second-order valence-electron chi connectivity index (χ2n) is 6.80. The van der Waals surface area contributed by atoms with Gasteiger partial charge < -0.3 is 4.57 Å². The third-order valence-electron chi connectivity index (χ3n) is 4.45. The maximum Gasteiger partial charge on any atom is 0.252 e. The van der Waals surface area contributed by atoms with E-state index in [2.05, 4.69) is 11.6 Å². The molecule has 0 spiro atoms. The zero-order chi connectivity index (χ0) is 20.5. The van der Waals surface area contributed by atoms with Crippen LogP contribution in [0, 0.1) is 13.8 Å². The molecule has 0 aliphatic rings. The zero-order valence-corrected chi connectivity index (χ0v) is 17.7. The molecule has 0 unspecified atom stereocenters. The fourth-order valence-electron chi connectivity index (χ4n) is 3.03. The summed E-state index contributed by atoms with van der Waals surface area (Å²) in [4.78, 5) is 17.7. The Bertz CT molecular complexity index is 1250. The maximum atomic E-state index is 12.6. The molecule has 1 aromatic heterocycles. The molecule has 1 heterocycles. The van der Waals surface area contributed by atoms with Crippen molar-refractivity contribution in [3.63, 3.8) is 0 Å². The lowest BCUT2D eigenvalue weighted by molar-refractivity contribution is -0.117. The third kappa shape index (κ3) is 4.31. The Morgan fingerprint density at radius 1 is 1.21 bits per heavy atom. The van der Waals surface area contributed by atoms with E-state index in [0.717, 1.165) is 26.9 Å². The molecule has 0 bridgehead atoms. The molecule has 5 nitrogen and oxygen atoms in total. The van der Waals surface area contributed by atoms with E-state index in [-0.39, 0.29) is 17.2 Å². The van der Waals surface area contributed by atoms with Crippen molar-refractivity contribution in [1.82, 2.24) is 4.57 Å². The van der Waals surface area contributed by atoms with Crippen molar-refractivity contribution in [2.75, 3.05) is 6.26 Å². The maximum absolute atomic E-state index is 12.6. The lowest BCUT2D eigenvalue weighted by atomic mass is 10.0. The van der Waals surface area contributed by atoms with E-state index < -0.39 is 9.84 Å². The van der Waals surface area contributed by atoms with Crippen LogP contribution in [-0.2, 0) is 27.6 Å². The van der Waals surface area contributed by atoms with E-state index in [1.54, 1.807) is 24.3 Å². The van der Waals surface area contributed by atoms with Gasteiger partial charge >= 0.3 is 0 Å². The Labute approximate surface area is 168 Å². The van der Waals surface area contributed by atoms with E-state index in [0.29, 0.717) is 11.3 Å². The first-order valence-electron chi connectivity index (χ1n) is 8.77. The lowest BCUT2D eigenvalue weighted by Crippen LogP contribution is -2.17. The molecule has 0 N–H and O–H groups in total.